The molecule has 0 bridgehead atoms. The Morgan fingerprint density at radius 2 is 1.71 bits per heavy atom. The summed E-state index contributed by atoms with van der Waals surface area (Å²) in [5.74, 6) is -0.249. The van der Waals surface area contributed by atoms with E-state index in [9.17, 15) is 19.8 Å². The number of ether oxygens (including phenoxy) is 2. The zero-order valence-electron chi connectivity index (χ0n) is 23.9. The number of carboxylic acids is 1. The van der Waals surface area contributed by atoms with Gasteiger partial charge in [-0.2, -0.15) is 0 Å². The van der Waals surface area contributed by atoms with Crippen LogP contribution < -0.4 is 9.64 Å². The third-order valence-electron chi connectivity index (χ3n) is 8.30. The largest absolute Gasteiger partial charge is 0.496 e. The minimum atomic E-state index is -1.14. The van der Waals surface area contributed by atoms with E-state index in [0.717, 1.165) is 25.7 Å². The molecule has 0 spiro atoms. The van der Waals surface area contributed by atoms with Gasteiger partial charge in [0.15, 0.2) is 0 Å². The number of rotatable bonds is 9. The molecule has 1 aromatic heterocycles. The van der Waals surface area contributed by atoms with E-state index in [1.807, 2.05) is 31.2 Å². The van der Waals surface area contributed by atoms with Crippen molar-refractivity contribution in [2.24, 2.45) is 11.8 Å². The first-order valence-corrected chi connectivity index (χ1v) is 14.1. The Labute approximate surface area is 239 Å². The van der Waals surface area contributed by atoms with Gasteiger partial charge in [-0.25, -0.2) is 4.79 Å². The number of carboxylic acid groups (broad SMARTS) is 1. The van der Waals surface area contributed by atoms with Gasteiger partial charge >= 0.3 is 5.97 Å². The van der Waals surface area contributed by atoms with Crippen molar-refractivity contribution in [3.63, 3.8) is 0 Å². The molecule has 1 saturated carbocycles. The van der Waals surface area contributed by atoms with Crippen molar-refractivity contribution in [2.45, 2.75) is 51.7 Å². The summed E-state index contributed by atoms with van der Waals surface area (Å²) >= 11 is 0. The molecular weight excluding hydrogens is 522 g/mol. The predicted octanol–water partition coefficient (Wildman–Crippen LogP) is 6.57. The van der Waals surface area contributed by atoms with Crippen LogP contribution in [0.2, 0.25) is 0 Å². The SMILES string of the molecule is COC[C@H](C)N(C(=O)C1CCC(C)CC1)c1cc2c(cc1C(=O)O)oc1ccc(C(O)c3ccccc3OC)cc12. The highest BCUT2D eigenvalue weighted by atomic mass is 16.5. The Kier molecular flexibility index (Phi) is 8.33. The molecule has 1 aliphatic rings. The maximum absolute atomic E-state index is 14.0. The van der Waals surface area contributed by atoms with Crippen molar-refractivity contribution in [2.75, 3.05) is 25.7 Å². The number of benzene rings is 3. The fraction of sp³-hybridized carbons (Fsp3) is 0.394. The van der Waals surface area contributed by atoms with Crippen LogP contribution in [0, 0.1) is 11.8 Å². The smallest absolute Gasteiger partial charge is 0.337 e. The topological polar surface area (TPSA) is 109 Å². The average molecular weight is 560 g/mol. The fourth-order valence-electron chi connectivity index (χ4n) is 6.03. The molecule has 2 atom stereocenters. The van der Waals surface area contributed by atoms with Crippen molar-refractivity contribution >= 4 is 39.5 Å². The van der Waals surface area contributed by atoms with Gasteiger partial charge in [-0.3, -0.25) is 4.79 Å². The lowest BCUT2D eigenvalue weighted by Gasteiger charge is -2.35. The molecule has 1 amide bonds. The first-order valence-electron chi connectivity index (χ1n) is 14.1. The molecule has 8 nitrogen and oxygen atoms in total. The first-order chi connectivity index (χ1) is 19.7. The number of hydrogen-bond acceptors (Lipinski definition) is 6. The minimum absolute atomic E-state index is 0.00804. The maximum Gasteiger partial charge on any atom is 0.337 e. The second-order valence-corrected chi connectivity index (χ2v) is 11.1. The van der Waals surface area contributed by atoms with Gasteiger partial charge in [0.25, 0.3) is 0 Å². The van der Waals surface area contributed by atoms with E-state index >= 15 is 0 Å². The molecule has 3 aromatic carbocycles. The third kappa shape index (κ3) is 5.54. The van der Waals surface area contributed by atoms with Crippen LogP contribution in [0.3, 0.4) is 0 Å². The normalized spacial score (nSPS) is 18.8. The van der Waals surface area contributed by atoms with E-state index in [4.69, 9.17) is 13.9 Å². The van der Waals surface area contributed by atoms with Crippen LogP contribution in [-0.4, -0.2) is 49.0 Å². The molecule has 1 heterocycles. The van der Waals surface area contributed by atoms with Crippen molar-refractivity contribution in [3.05, 3.63) is 71.3 Å². The summed E-state index contributed by atoms with van der Waals surface area (Å²) in [6, 6.07) is 15.5. The molecule has 5 rings (SSSR count). The van der Waals surface area contributed by atoms with Gasteiger partial charge in [-0.15, -0.1) is 0 Å². The number of methoxy groups -OCH3 is 2. The van der Waals surface area contributed by atoms with Crippen LogP contribution in [0.15, 0.2) is 59.0 Å². The fourth-order valence-corrected chi connectivity index (χ4v) is 6.03. The van der Waals surface area contributed by atoms with Crippen molar-refractivity contribution in [1.82, 2.24) is 0 Å². The Balaban J connectivity index is 1.65. The molecule has 1 unspecified atom stereocenters. The van der Waals surface area contributed by atoms with Crippen molar-refractivity contribution in [3.8, 4) is 5.75 Å². The lowest BCUT2D eigenvalue weighted by Crippen LogP contribution is -2.46. The lowest BCUT2D eigenvalue weighted by molar-refractivity contribution is -0.124. The number of hydrogen-bond donors (Lipinski definition) is 2. The number of aliphatic hydroxyl groups excluding tert-OH is 1. The third-order valence-corrected chi connectivity index (χ3v) is 8.30. The molecule has 8 heteroatoms. The van der Waals surface area contributed by atoms with Gasteiger partial charge in [0.05, 0.1) is 31.0 Å². The number of fused-ring (bicyclic) bond motifs is 3. The van der Waals surface area contributed by atoms with E-state index < -0.39 is 12.1 Å². The Morgan fingerprint density at radius 1 is 1.00 bits per heavy atom. The molecule has 1 fully saturated rings. The van der Waals surface area contributed by atoms with E-state index in [2.05, 4.69) is 6.92 Å². The second-order valence-electron chi connectivity index (χ2n) is 11.1. The summed E-state index contributed by atoms with van der Waals surface area (Å²) in [7, 11) is 3.13. The van der Waals surface area contributed by atoms with Gasteiger partial charge in [-0.05, 0) is 74.4 Å². The van der Waals surface area contributed by atoms with E-state index in [-0.39, 0.29) is 30.0 Å². The van der Waals surface area contributed by atoms with Crippen molar-refractivity contribution in [1.29, 1.82) is 0 Å². The summed E-state index contributed by atoms with van der Waals surface area (Å²) in [5.41, 5.74) is 2.51. The molecular formula is C33H37NO7. The maximum atomic E-state index is 14.0. The number of para-hydroxylation sites is 1. The quantitative estimate of drug-likeness (QED) is 0.239. The number of aromatic carboxylic acids is 1. The second kappa shape index (κ2) is 11.9. The van der Waals surface area contributed by atoms with Crippen LogP contribution in [0.25, 0.3) is 21.9 Å². The van der Waals surface area contributed by atoms with Crippen LogP contribution >= 0.6 is 0 Å². The summed E-state index contributed by atoms with van der Waals surface area (Å²) in [5, 5.41) is 22.8. The monoisotopic (exact) mass is 559 g/mol. The Morgan fingerprint density at radius 3 is 2.39 bits per heavy atom. The van der Waals surface area contributed by atoms with Gasteiger partial charge in [-0.1, -0.05) is 31.2 Å². The van der Waals surface area contributed by atoms with E-state index in [0.29, 0.717) is 50.4 Å². The number of nitrogens with zero attached hydrogens (tertiary/aromatic N) is 1. The highest BCUT2D eigenvalue weighted by Gasteiger charge is 2.34. The van der Waals surface area contributed by atoms with Gasteiger partial charge in [0, 0.05) is 29.4 Å². The van der Waals surface area contributed by atoms with E-state index in [1.54, 1.807) is 43.4 Å². The number of furan rings is 1. The summed E-state index contributed by atoms with van der Waals surface area (Å²) in [4.78, 5) is 28.1. The number of carbonyl (C=O) groups excluding carboxylic acids is 1. The van der Waals surface area contributed by atoms with Crippen LogP contribution in [0.5, 0.6) is 5.75 Å². The Bertz CT molecular complexity index is 1570. The standard InChI is InChI=1S/C33H37NO7/c1-19-9-11-21(12-10-19)32(36)34(20(2)18-39-3)27-16-25-24-15-22(31(35)23-7-5-6-8-28(23)40-4)13-14-29(24)41-30(25)17-26(27)33(37)38/h5-8,13-17,19-21,31,35H,9-12,18H2,1-4H3,(H,37,38)/t19?,20-,21?,31?/m0/s1. The number of carbonyl (C=O) groups is 2. The zero-order chi connectivity index (χ0) is 29.3. The van der Waals surface area contributed by atoms with Crippen LogP contribution in [0.1, 0.15) is 67.1 Å². The highest BCUT2D eigenvalue weighted by Crippen LogP contribution is 2.39. The Hall–Kier alpha value is -3.88. The van der Waals surface area contributed by atoms with Crippen LogP contribution in [0.4, 0.5) is 5.69 Å². The molecule has 4 aromatic rings. The molecule has 0 radical (unpaired) electrons. The molecule has 41 heavy (non-hydrogen) atoms. The van der Waals surface area contributed by atoms with Crippen molar-refractivity contribution < 1.29 is 33.7 Å². The summed E-state index contributed by atoms with van der Waals surface area (Å²) < 4.78 is 16.9. The number of aliphatic hydroxyl groups is 1. The van der Waals surface area contributed by atoms with E-state index in [1.165, 1.54) is 6.07 Å². The van der Waals surface area contributed by atoms with Gasteiger partial charge in [0.2, 0.25) is 5.91 Å². The average Bonchev–Trinajstić information content (AvgIpc) is 3.33. The summed E-state index contributed by atoms with van der Waals surface area (Å²) in [6.45, 7) is 4.33. The minimum Gasteiger partial charge on any atom is -0.496 e. The van der Waals surface area contributed by atoms with Gasteiger partial charge in [0.1, 0.15) is 23.0 Å². The molecule has 2 N–H and O–H groups in total. The van der Waals surface area contributed by atoms with Gasteiger partial charge < -0.3 is 29.0 Å². The molecule has 216 valence electrons. The molecule has 1 aliphatic carbocycles. The number of amides is 1. The highest BCUT2D eigenvalue weighted by molar-refractivity contribution is 6.12. The first kappa shape index (κ1) is 28.6. The molecule has 0 saturated heterocycles. The number of anilines is 1. The predicted molar refractivity (Wildman–Crippen MR) is 158 cm³/mol. The van der Waals surface area contributed by atoms with Crippen LogP contribution in [-0.2, 0) is 9.53 Å². The summed E-state index contributed by atoms with van der Waals surface area (Å²) in [6.07, 6.45) is 2.54. The lowest BCUT2D eigenvalue weighted by atomic mass is 9.82. The zero-order valence-corrected chi connectivity index (χ0v) is 23.9. The molecule has 0 aliphatic heterocycles.